The van der Waals surface area contributed by atoms with E-state index in [0.29, 0.717) is 17.6 Å². The molecule has 1 N–H and O–H groups in total. The summed E-state index contributed by atoms with van der Waals surface area (Å²) in [7, 11) is 0. The second-order valence-electron chi connectivity index (χ2n) is 7.85. The van der Waals surface area contributed by atoms with Gasteiger partial charge in [0.2, 0.25) is 0 Å². The van der Waals surface area contributed by atoms with Crippen molar-refractivity contribution in [3.05, 3.63) is 65.2 Å². The lowest BCUT2D eigenvalue weighted by Crippen LogP contribution is -2.55. The fourth-order valence-electron chi connectivity index (χ4n) is 4.29. The molecular formula is C23H27ClN2O3. The van der Waals surface area contributed by atoms with Gasteiger partial charge in [-0.25, -0.2) is 0 Å². The highest BCUT2D eigenvalue weighted by atomic mass is 35.5. The standard InChI is InChI=1S/C23H27ClN2O3/c24-18-6-8-20(9-7-18)29-22-12-15-26(16-21(22)27)19-10-13-25(14-11-19)23(28)17-4-2-1-3-5-17/h1-9,19,21-22,27H,10-16H2/t21-,22-/m1/s1. The van der Waals surface area contributed by atoms with Crippen molar-refractivity contribution in [1.29, 1.82) is 0 Å². The molecule has 2 aromatic rings. The summed E-state index contributed by atoms with van der Waals surface area (Å²) in [4.78, 5) is 16.9. The zero-order valence-electron chi connectivity index (χ0n) is 16.4. The molecule has 2 heterocycles. The largest absolute Gasteiger partial charge is 0.488 e. The number of β-amino-alcohol motifs (C(OH)–C–C–N with tert-alkyl or cyclic N) is 1. The van der Waals surface area contributed by atoms with E-state index < -0.39 is 6.10 Å². The van der Waals surface area contributed by atoms with Crippen molar-refractivity contribution in [3.63, 3.8) is 0 Å². The highest BCUT2D eigenvalue weighted by Gasteiger charge is 2.34. The first-order valence-electron chi connectivity index (χ1n) is 10.3. The van der Waals surface area contributed by atoms with Gasteiger partial charge in [-0.05, 0) is 55.7 Å². The van der Waals surface area contributed by atoms with Crippen LogP contribution in [0.5, 0.6) is 5.75 Å². The first-order valence-corrected chi connectivity index (χ1v) is 10.7. The Morgan fingerprint density at radius 2 is 1.66 bits per heavy atom. The predicted octanol–water partition coefficient (Wildman–Crippen LogP) is 3.46. The van der Waals surface area contributed by atoms with E-state index in [0.717, 1.165) is 50.2 Å². The van der Waals surface area contributed by atoms with Crippen molar-refractivity contribution < 1.29 is 14.6 Å². The molecule has 0 unspecified atom stereocenters. The molecule has 0 aliphatic carbocycles. The van der Waals surface area contributed by atoms with Crippen LogP contribution in [-0.2, 0) is 0 Å². The molecule has 6 heteroatoms. The fraction of sp³-hybridized carbons (Fsp3) is 0.435. The summed E-state index contributed by atoms with van der Waals surface area (Å²) in [5.41, 5.74) is 0.751. The summed E-state index contributed by atoms with van der Waals surface area (Å²) in [6.45, 7) is 3.02. The number of nitrogens with zero attached hydrogens (tertiary/aromatic N) is 2. The van der Waals surface area contributed by atoms with Crippen molar-refractivity contribution in [2.75, 3.05) is 26.2 Å². The van der Waals surface area contributed by atoms with Gasteiger partial charge < -0.3 is 14.7 Å². The minimum Gasteiger partial charge on any atom is -0.488 e. The Kier molecular flexibility index (Phi) is 6.38. The van der Waals surface area contributed by atoms with Crippen LogP contribution in [0.15, 0.2) is 54.6 Å². The summed E-state index contributed by atoms with van der Waals surface area (Å²) < 4.78 is 5.97. The van der Waals surface area contributed by atoms with Crippen molar-refractivity contribution in [3.8, 4) is 5.75 Å². The third-order valence-electron chi connectivity index (χ3n) is 5.94. The smallest absolute Gasteiger partial charge is 0.253 e. The van der Waals surface area contributed by atoms with Crippen LogP contribution in [0, 0.1) is 0 Å². The molecule has 2 saturated heterocycles. The summed E-state index contributed by atoms with van der Waals surface area (Å²) >= 11 is 5.92. The average Bonchev–Trinajstić information content (AvgIpc) is 2.77. The zero-order valence-corrected chi connectivity index (χ0v) is 17.2. The van der Waals surface area contributed by atoms with Crippen LogP contribution in [0.2, 0.25) is 5.02 Å². The van der Waals surface area contributed by atoms with Gasteiger partial charge in [0.1, 0.15) is 18.0 Å². The normalized spacial score (nSPS) is 23.7. The molecule has 29 heavy (non-hydrogen) atoms. The third-order valence-corrected chi connectivity index (χ3v) is 6.19. The van der Waals surface area contributed by atoms with E-state index >= 15 is 0 Å². The number of aliphatic hydroxyl groups is 1. The molecule has 0 radical (unpaired) electrons. The molecule has 154 valence electrons. The molecular weight excluding hydrogens is 388 g/mol. The number of carbonyl (C=O) groups is 1. The van der Waals surface area contributed by atoms with Gasteiger partial charge in [0, 0.05) is 42.8 Å². The topological polar surface area (TPSA) is 53.0 Å². The minimum atomic E-state index is -0.525. The maximum atomic E-state index is 12.6. The Hall–Kier alpha value is -2.08. The number of piperidine rings is 2. The number of amides is 1. The molecule has 5 nitrogen and oxygen atoms in total. The van der Waals surface area contributed by atoms with Crippen LogP contribution in [0.3, 0.4) is 0 Å². The average molecular weight is 415 g/mol. The van der Waals surface area contributed by atoms with Crippen LogP contribution in [-0.4, -0.2) is 65.2 Å². The first kappa shape index (κ1) is 20.2. The molecule has 4 rings (SSSR count). The number of carbonyl (C=O) groups excluding carboxylic acids is 1. The van der Waals surface area contributed by atoms with E-state index in [-0.39, 0.29) is 12.0 Å². The van der Waals surface area contributed by atoms with E-state index in [9.17, 15) is 9.90 Å². The molecule has 0 saturated carbocycles. The van der Waals surface area contributed by atoms with Crippen LogP contribution in [0.1, 0.15) is 29.6 Å². The Labute approximate surface area is 176 Å². The maximum absolute atomic E-state index is 12.6. The van der Waals surface area contributed by atoms with Gasteiger partial charge in [0.25, 0.3) is 5.91 Å². The quantitative estimate of drug-likeness (QED) is 0.832. The van der Waals surface area contributed by atoms with Crippen molar-refractivity contribution in [2.45, 2.75) is 37.5 Å². The van der Waals surface area contributed by atoms with E-state index in [1.165, 1.54) is 0 Å². The zero-order chi connectivity index (χ0) is 20.2. The van der Waals surface area contributed by atoms with Crippen LogP contribution < -0.4 is 4.74 Å². The van der Waals surface area contributed by atoms with Crippen LogP contribution >= 0.6 is 11.6 Å². The number of likely N-dealkylation sites (tertiary alicyclic amines) is 2. The lowest BCUT2D eigenvalue weighted by molar-refractivity contribution is -0.0438. The van der Waals surface area contributed by atoms with Crippen molar-refractivity contribution >= 4 is 17.5 Å². The molecule has 2 atom stereocenters. The molecule has 2 aliphatic heterocycles. The lowest BCUT2D eigenvalue weighted by atomic mass is 9.97. The first-order chi connectivity index (χ1) is 14.1. The molecule has 0 bridgehead atoms. The lowest BCUT2D eigenvalue weighted by Gasteiger charge is -2.43. The second-order valence-corrected chi connectivity index (χ2v) is 8.29. The SMILES string of the molecule is O=C(c1ccccc1)N1CCC(N2CC[C@@H](Oc3ccc(Cl)cc3)[C@H](O)C2)CC1. The molecule has 0 spiro atoms. The van der Waals surface area contributed by atoms with Gasteiger partial charge in [-0.3, -0.25) is 9.69 Å². The van der Waals surface area contributed by atoms with Gasteiger partial charge in [-0.1, -0.05) is 29.8 Å². The van der Waals surface area contributed by atoms with E-state index in [4.69, 9.17) is 16.3 Å². The number of hydrogen-bond donors (Lipinski definition) is 1. The van der Waals surface area contributed by atoms with E-state index in [1.807, 2.05) is 47.4 Å². The van der Waals surface area contributed by atoms with Gasteiger partial charge in [0.05, 0.1) is 0 Å². The fourth-order valence-corrected chi connectivity index (χ4v) is 4.42. The van der Waals surface area contributed by atoms with E-state index in [1.54, 1.807) is 12.1 Å². The number of halogens is 1. The highest BCUT2D eigenvalue weighted by molar-refractivity contribution is 6.30. The Morgan fingerprint density at radius 3 is 2.31 bits per heavy atom. The molecule has 0 aromatic heterocycles. The number of rotatable bonds is 4. The number of ether oxygens (including phenoxy) is 1. The number of benzene rings is 2. The number of hydrogen-bond acceptors (Lipinski definition) is 4. The summed E-state index contributed by atoms with van der Waals surface area (Å²) in [6.07, 6.45) is 1.94. The molecule has 2 aromatic carbocycles. The van der Waals surface area contributed by atoms with Crippen molar-refractivity contribution in [2.24, 2.45) is 0 Å². The van der Waals surface area contributed by atoms with Crippen LogP contribution in [0.25, 0.3) is 0 Å². The van der Waals surface area contributed by atoms with Crippen molar-refractivity contribution in [1.82, 2.24) is 9.80 Å². The minimum absolute atomic E-state index is 0.110. The second kappa shape index (κ2) is 9.16. The van der Waals surface area contributed by atoms with Gasteiger partial charge in [0.15, 0.2) is 0 Å². The summed E-state index contributed by atoms with van der Waals surface area (Å²) in [5.74, 6) is 0.846. The molecule has 1 amide bonds. The van der Waals surface area contributed by atoms with Gasteiger partial charge in [-0.15, -0.1) is 0 Å². The summed E-state index contributed by atoms with van der Waals surface area (Å²) in [6, 6.07) is 17.1. The Balaban J connectivity index is 1.27. The third kappa shape index (κ3) is 4.92. The maximum Gasteiger partial charge on any atom is 0.253 e. The highest BCUT2D eigenvalue weighted by Crippen LogP contribution is 2.25. The van der Waals surface area contributed by atoms with Gasteiger partial charge >= 0.3 is 0 Å². The Bertz CT molecular complexity index is 807. The number of aliphatic hydroxyl groups excluding tert-OH is 1. The molecule has 2 fully saturated rings. The van der Waals surface area contributed by atoms with Gasteiger partial charge in [-0.2, -0.15) is 0 Å². The summed E-state index contributed by atoms with van der Waals surface area (Å²) in [5, 5.41) is 11.3. The molecule has 2 aliphatic rings. The predicted molar refractivity (Wildman–Crippen MR) is 113 cm³/mol. The van der Waals surface area contributed by atoms with E-state index in [2.05, 4.69) is 4.90 Å². The monoisotopic (exact) mass is 414 g/mol. The Morgan fingerprint density at radius 1 is 0.966 bits per heavy atom. The van der Waals surface area contributed by atoms with Crippen LogP contribution in [0.4, 0.5) is 0 Å².